The maximum atomic E-state index is 15.2. The van der Waals surface area contributed by atoms with E-state index in [9.17, 15) is 23.5 Å². The number of hydrogen-bond acceptors (Lipinski definition) is 5. The van der Waals surface area contributed by atoms with Crippen LogP contribution in [0.1, 0.15) is 61.4 Å². The van der Waals surface area contributed by atoms with Crippen molar-refractivity contribution in [3.63, 3.8) is 0 Å². The van der Waals surface area contributed by atoms with Crippen LogP contribution in [0.5, 0.6) is 0 Å². The van der Waals surface area contributed by atoms with Crippen LogP contribution in [0, 0.1) is 29.3 Å². The van der Waals surface area contributed by atoms with Crippen molar-refractivity contribution in [1.29, 1.82) is 0 Å². The average molecular weight is 659 g/mol. The minimum absolute atomic E-state index is 0.0965. The number of benzene rings is 2. The van der Waals surface area contributed by atoms with Gasteiger partial charge in [0.1, 0.15) is 11.3 Å². The summed E-state index contributed by atoms with van der Waals surface area (Å²) in [5, 5.41) is 14.0. The molecule has 0 radical (unpaired) electrons. The van der Waals surface area contributed by atoms with E-state index in [1.165, 1.54) is 28.7 Å². The number of carbonyl (C=O) groups excluding carboxylic acids is 1. The number of amides is 1. The number of fused-ring (bicyclic) bond motifs is 1. The number of carbonyl (C=O) groups is 2. The van der Waals surface area contributed by atoms with Gasteiger partial charge < -0.3 is 9.84 Å². The summed E-state index contributed by atoms with van der Waals surface area (Å²) >= 11 is 0. The number of carboxylic acid groups (broad SMARTS) is 1. The van der Waals surface area contributed by atoms with Crippen LogP contribution in [0.2, 0.25) is 0 Å². The van der Waals surface area contributed by atoms with Crippen molar-refractivity contribution in [2.75, 3.05) is 24.5 Å². The SMILES string of the molecule is CC1CC=CC2=CC=C(n3cc(CN4CCC5(CC4)CN(c4ccc(C(=O)O)cc4)C(=O)O5)c(-c4ccc(F)c(F)c4F)n3)CC2CC1. The Bertz CT molecular complexity index is 1840. The molecule has 1 spiro atoms. The number of ether oxygens (including phenoxy) is 1. The fourth-order valence-electron chi connectivity index (χ4n) is 7.27. The molecule has 0 saturated carbocycles. The highest BCUT2D eigenvalue weighted by atomic mass is 19.2. The van der Waals surface area contributed by atoms with Gasteiger partial charge in [0.2, 0.25) is 0 Å². The van der Waals surface area contributed by atoms with Gasteiger partial charge in [0, 0.05) is 61.2 Å². The Kier molecular flexibility index (Phi) is 8.49. The molecule has 2 fully saturated rings. The van der Waals surface area contributed by atoms with Crippen molar-refractivity contribution < 1.29 is 32.6 Å². The summed E-state index contributed by atoms with van der Waals surface area (Å²) in [6.45, 7) is 4.14. The highest BCUT2D eigenvalue weighted by molar-refractivity contribution is 5.92. The third-order valence-electron chi connectivity index (χ3n) is 10.2. The third-order valence-corrected chi connectivity index (χ3v) is 10.2. The summed E-state index contributed by atoms with van der Waals surface area (Å²) in [5.74, 6) is -4.15. The van der Waals surface area contributed by atoms with E-state index in [2.05, 4.69) is 30.1 Å². The van der Waals surface area contributed by atoms with Gasteiger partial charge in [0.25, 0.3) is 0 Å². The quantitative estimate of drug-likeness (QED) is 0.272. The highest BCUT2D eigenvalue weighted by Crippen LogP contribution is 2.39. The van der Waals surface area contributed by atoms with E-state index in [-0.39, 0.29) is 16.8 Å². The predicted molar refractivity (Wildman–Crippen MR) is 175 cm³/mol. The first-order valence-corrected chi connectivity index (χ1v) is 16.5. The van der Waals surface area contributed by atoms with Gasteiger partial charge in [-0.05, 0) is 85.6 Å². The monoisotopic (exact) mass is 658 g/mol. The molecule has 2 atom stereocenters. The van der Waals surface area contributed by atoms with Gasteiger partial charge in [-0.2, -0.15) is 5.10 Å². The summed E-state index contributed by atoms with van der Waals surface area (Å²) in [5.41, 5.74) is 3.09. The summed E-state index contributed by atoms with van der Waals surface area (Å²) < 4.78 is 51.2. The molecule has 2 unspecified atom stereocenters. The number of likely N-dealkylation sites (tertiary alicyclic amines) is 1. The Morgan fingerprint density at radius 3 is 2.56 bits per heavy atom. The normalized spacial score (nSPS) is 22.5. The van der Waals surface area contributed by atoms with E-state index in [4.69, 9.17) is 9.84 Å². The van der Waals surface area contributed by atoms with Gasteiger partial charge in [-0.1, -0.05) is 25.2 Å². The third kappa shape index (κ3) is 6.19. The van der Waals surface area contributed by atoms with E-state index in [1.54, 1.807) is 16.8 Å². The maximum Gasteiger partial charge on any atom is 0.415 e. The molecular weight excluding hydrogens is 621 g/mol. The molecule has 2 aliphatic carbocycles. The Morgan fingerprint density at radius 1 is 1.04 bits per heavy atom. The molecule has 1 amide bonds. The Balaban J connectivity index is 1.11. The maximum absolute atomic E-state index is 15.2. The van der Waals surface area contributed by atoms with Crippen molar-refractivity contribution in [2.45, 2.75) is 57.6 Å². The highest BCUT2D eigenvalue weighted by Gasteiger charge is 2.47. The second kappa shape index (κ2) is 12.8. The second-order valence-corrected chi connectivity index (χ2v) is 13.5. The lowest BCUT2D eigenvalue weighted by molar-refractivity contribution is -0.000945. The molecule has 1 N–H and O–H groups in total. The lowest BCUT2D eigenvalue weighted by Crippen LogP contribution is -2.46. The molecule has 4 aliphatic rings. The molecule has 2 saturated heterocycles. The number of rotatable bonds is 6. The van der Waals surface area contributed by atoms with E-state index >= 15 is 4.39 Å². The standard InChI is InChI=1S/C37H37F3N4O4/c1-23-3-2-4-24-7-12-29(19-26(24)6-5-23)44-21-27(34(41-44)30-13-14-31(38)33(40)32(30)39)20-42-17-15-37(16-18-42)22-43(36(47)48-37)28-10-8-25(9-11-28)35(45)46/h2,4,7-14,21,23,26H,3,5-6,15-20,22H2,1H3,(H,45,46). The van der Waals surface area contributed by atoms with Crippen LogP contribution >= 0.6 is 0 Å². The number of carboxylic acids is 1. The lowest BCUT2D eigenvalue weighted by Gasteiger charge is -2.37. The summed E-state index contributed by atoms with van der Waals surface area (Å²) in [6.07, 6.45) is 15.1. The molecule has 48 heavy (non-hydrogen) atoms. The predicted octanol–water partition coefficient (Wildman–Crippen LogP) is 7.82. The van der Waals surface area contributed by atoms with Crippen LogP contribution in [0.25, 0.3) is 17.0 Å². The number of hydrogen-bond donors (Lipinski definition) is 1. The van der Waals surface area contributed by atoms with E-state index < -0.39 is 35.1 Å². The molecule has 11 heteroatoms. The number of aromatic nitrogens is 2. The second-order valence-electron chi connectivity index (χ2n) is 13.5. The molecular formula is C37H37F3N4O4. The van der Waals surface area contributed by atoms with E-state index in [1.807, 2.05) is 12.3 Å². The Hall–Kier alpha value is -4.64. The van der Waals surface area contributed by atoms with Crippen LogP contribution in [-0.4, -0.2) is 57.1 Å². The molecule has 2 aromatic carbocycles. The fourth-order valence-corrected chi connectivity index (χ4v) is 7.27. The van der Waals surface area contributed by atoms with Gasteiger partial charge in [0.05, 0.1) is 12.1 Å². The topological polar surface area (TPSA) is 87.9 Å². The first-order chi connectivity index (χ1) is 23.1. The van der Waals surface area contributed by atoms with E-state index in [0.717, 1.165) is 37.4 Å². The Labute approximate surface area is 276 Å². The molecule has 0 bridgehead atoms. The fraction of sp³-hybridized carbons (Fsp3) is 0.378. The molecule has 3 aromatic rings. The van der Waals surface area contributed by atoms with E-state index in [0.29, 0.717) is 62.1 Å². The van der Waals surface area contributed by atoms with Crippen molar-refractivity contribution >= 4 is 23.4 Å². The van der Waals surface area contributed by atoms with Gasteiger partial charge in [-0.15, -0.1) is 0 Å². The van der Waals surface area contributed by atoms with Crippen molar-refractivity contribution in [3.8, 4) is 11.3 Å². The van der Waals surface area contributed by atoms with Gasteiger partial charge in [-0.25, -0.2) is 27.4 Å². The van der Waals surface area contributed by atoms with Crippen LogP contribution in [0.15, 0.2) is 72.5 Å². The first kappa shape index (κ1) is 31.9. The first-order valence-electron chi connectivity index (χ1n) is 16.5. The zero-order chi connectivity index (χ0) is 33.6. The van der Waals surface area contributed by atoms with Gasteiger partial charge >= 0.3 is 12.1 Å². The Morgan fingerprint density at radius 2 is 1.81 bits per heavy atom. The summed E-state index contributed by atoms with van der Waals surface area (Å²) in [6, 6.07) is 8.27. The molecule has 1 aromatic heterocycles. The molecule has 250 valence electrons. The number of nitrogens with zero attached hydrogens (tertiary/aromatic N) is 4. The largest absolute Gasteiger partial charge is 0.478 e. The van der Waals surface area contributed by atoms with Crippen molar-refractivity contribution in [1.82, 2.24) is 14.7 Å². The molecule has 2 aliphatic heterocycles. The molecule has 3 heterocycles. The molecule has 7 rings (SSSR count). The van der Waals surface area contributed by atoms with Gasteiger partial charge in [0.15, 0.2) is 17.5 Å². The number of anilines is 1. The van der Waals surface area contributed by atoms with Crippen LogP contribution in [-0.2, 0) is 11.3 Å². The van der Waals surface area contributed by atoms with Gasteiger partial charge in [-0.3, -0.25) is 9.80 Å². The number of allylic oxidation sites excluding steroid dienone is 6. The number of piperidine rings is 1. The minimum atomic E-state index is -1.53. The smallest absolute Gasteiger partial charge is 0.415 e. The zero-order valence-electron chi connectivity index (χ0n) is 26.7. The minimum Gasteiger partial charge on any atom is -0.478 e. The van der Waals surface area contributed by atoms with Crippen molar-refractivity contribution in [2.24, 2.45) is 11.8 Å². The van der Waals surface area contributed by atoms with Crippen molar-refractivity contribution in [3.05, 3.63) is 101 Å². The summed E-state index contributed by atoms with van der Waals surface area (Å²) in [7, 11) is 0. The summed E-state index contributed by atoms with van der Waals surface area (Å²) in [4.78, 5) is 27.8. The van der Waals surface area contributed by atoms with Crippen LogP contribution in [0.3, 0.4) is 0 Å². The molecule has 8 nitrogen and oxygen atoms in total. The average Bonchev–Trinajstić information content (AvgIpc) is 3.63. The number of halogens is 3. The lowest BCUT2D eigenvalue weighted by atomic mass is 9.81. The zero-order valence-corrected chi connectivity index (χ0v) is 26.7. The van der Waals surface area contributed by atoms with Crippen LogP contribution < -0.4 is 4.90 Å². The number of aromatic carboxylic acids is 1. The van der Waals surface area contributed by atoms with Crippen LogP contribution in [0.4, 0.5) is 23.7 Å².